The molecule has 0 radical (unpaired) electrons. The summed E-state index contributed by atoms with van der Waals surface area (Å²) in [6, 6.07) is 13.3. The molecule has 0 saturated carbocycles. The van der Waals surface area contributed by atoms with Gasteiger partial charge in [-0.15, -0.1) is 0 Å². The molecule has 0 unspecified atom stereocenters. The summed E-state index contributed by atoms with van der Waals surface area (Å²) in [5.74, 6) is 2.07. The molecule has 2 aromatic heterocycles. The van der Waals surface area contributed by atoms with Crippen LogP contribution in [-0.2, 0) is 0 Å². The van der Waals surface area contributed by atoms with E-state index in [-0.39, 0.29) is 6.67 Å². The van der Waals surface area contributed by atoms with E-state index in [0.717, 1.165) is 28.2 Å². The summed E-state index contributed by atoms with van der Waals surface area (Å²) in [6.45, 7) is 0.220. The lowest BCUT2D eigenvalue weighted by molar-refractivity contribution is 0.298. The summed E-state index contributed by atoms with van der Waals surface area (Å²) in [7, 11) is 1.58. The predicted octanol–water partition coefficient (Wildman–Crippen LogP) is 4.51. The third-order valence-corrected chi connectivity index (χ3v) is 3.68. The monoisotopic (exact) mass is 340 g/mol. The van der Waals surface area contributed by atoms with E-state index in [0.29, 0.717) is 25.3 Å². The number of pyridine rings is 2. The van der Waals surface area contributed by atoms with Crippen molar-refractivity contribution < 1.29 is 13.9 Å². The van der Waals surface area contributed by atoms with Crippen LogP contribution in [0.4, 0.5) is 15.9 Å². The van der Waals surface area contributed by atoms with Gasteiger partial charge in [0.05, 0.1) is 37.8 Å². The summed E-state index contributed by atoms with van der Waals surface area (Å²) >= 11 is 0. The Morgan fingerprint density at radius 1 is 1.08 bits per heavy atom. The number of methoxy groups -OCH3 is 1. The highest BCUT2D eigenvalue weighted by Gasteiger charge is 2.03. The van der Waals surface area contributed by atoms with Crippen LogP contribution in [0.1, 0.15) is 12.8 Å². The summed E-state index contributed by atoms with van der Waals surface area (Å²) in [5.41, 5.74) is 1.70. The summed E-state index contributed by atoms with van der Waals surface area (Å²) < 4.78 is 22.8. The van der Waals surface area contributed by atoms with Gasteiger partial charge in [-0.05, 0) is 49.2 Å². The van der Waals surface area contributed by atoms with Gasteiger partial charge in [0.25, 0.3) is 0 Å². The molecular formula is C19H20FN3O2. The van der Waals surface area contributed by atoms with Crippen molar-refractivity contribution >= 4 is 22.4 Å². The van der Waals surface area contributed by atoms with Crippen molar-refractivity contribution in [3.05, 3.63) is 48.7 Å². The normalized spacial score (nSPS) is 10.6. The average Bonchev–Trinajstić information content (AvgIpc) is 2.66. The maximum absolute atomic E-state index is 12.1. The summed E-state index contributed by atoms with van der Waals surface area (Å²) in [4.78, 5) is 8.75. The van der Waals surface area contributed by atoms with Crippen LogP contribution < -0.4 is 14.8 Å². The van der Waals surface area contributed by atoms with E-state index < -0.39 is 0 Å². The van der Waals surface area contributed by atoms with E-state index in [4.69, 9.17) is 9.47 Å². The second kappa shape index (κ2) is 8.28. The van der Waals surface area contributed by atoms with Crippen molar-refractivity contribution in [2.45, 2.75) is 12.8 Å². The van der Waals surface area contributed by atoms with Gasteiger partial charge in [-0.2, -0.15) is 0 Å². The molecule has 2 heterocycles. The highest BCUT2D eigenvalue weighted by Crippen LogP contribution is 2.23. The molecule has 0 aliphatic rings. The highest BCUT2D eigenvalue weighted by molar-refractivity contribution is 5.82. The summed E-state index contributed by atoms with van der Waals surface area (Å²) in [5, 5.41) is 4.20. The second-order valence-corrected chi connectivity index (χ2v) is 5.51. The number of nitrogens with zero attached hydrogens (tertiary/aromatic N) is 2. The molecule has 130 valence electrons. The van der Waals surface area contributed by atoms with E-state index >= 15 is 0 Å². The Hall–Kier alpha value is -2.89. The first-order chi connectivity index (χ1) is 12.3. The van der Waals surface area contributed by atoms with Gasteiger partial charge in [-0.3, -0.25) is 4.39 Å². The van der Waals surface area contributed by atoms with Crippen molar-refractivity contribution in [1.82, 2.24) is 9.97 Å². The average molecular weight is 340 g/mol. The Morgan fingerprint density at radius 2 is 2.00 bits per heavy atom. The molecule has 3 rings (SSSR count). The van der Waals surface area contributed by atoms with Crippen LogP contribution in [-0.4, -0.2) is 30.4 Å². The molecule has 0 bridgehead atoms. The molecule has 1 aromatic carbocycles. The molecule has 25 heavy (non-hydrogen) atoms. The Kier molecular flexibility index (Phi) is 5.61. The first-order valence-corrected chi connectivity index (χ1v) is 8.15. The van der Waals surface area contributed by atoms with Gasteiger partial charge in [0.15, 0.2) is 0 Å². The molecule has 1 N–H and O–H groups in total. The van der Waals surface area contributed by atoms with Gasteiger partial charge < -0.3 is 14.8 Å². The molecule has 0 spiro atoms. The van der Waals surface area contributed by atoms with Crippen molar-refractivity contribution in [3.63, 3.8) is 0 Å². The minimum atomic E-state index is -0.301. The number of fused-ring (bicyclic) bond motifs is 1. The molecule has 0 atom stereocenters. The number of alkyl halides is 1. The zero-order chi connectivity index (χ0) is 17.5. The second-order valence-electron chi connectivity index (χ2n) is 5.51. The SMILES string of the molecule is COc1ccc(Nc2ccc3cc(OCCCC[18F])ccc3n2)cn1. The first-order valence-electron chi connectivity index (χ1n) is 8.15. The molecule has 0 aliphatic carbocycles. The van der Waals surface area contributed by atoms with E-state index in [9.17, 15) is 4.39 Å². The van der Waals surface area contributed by atoms with Crippen molar-refractivity contribution in [2.75, 3.05) is 25.7 Å². The molecule has 0 amide bonds. The van der Waals surface area contributed by atoms with Crippen LogP contribution >= 0.6 is 0 Å². The van der Waals surface area contributed by atoms with Gasteiger partial charge >= 0.3 is 0 Å². The Labute approximate surface area is 145 Å². The molecule has 6 heteroatoms. The molecule has 0 aliphatic heterocycles. The van der Waals surface area contributed by atoms with Crippen LogP contribution in [0.5, 0.6) is 11.6 Å². The van der Waals surface area contributed by atoms with E-state index in [1.54, 1.807) is 19.4 Å². The van der Waals surface area contributed by atoms with Crippen LogP contribution in [0.2, 0.25) is 0 Å². The number of hydrogen-bond donors (Lipinski definition) is 1. The number of halogens is 1. The Bertz CT molecular complexity index is 825. The fourth-order valence-corrected chi connectivity index (χ4v) is 2.37. The van der Waals surface area contributed by atoms with Crippen molar-refractivity contribution in [1.29, 1.82) is 0 Å². The lowest BCUT2D eigenvalue weighted by atomic mass is 10.2. The van der Waals surface area contributed by atoms with Gasteiger partial charge in [0.1, 0.15) is 11.6 Å². The fourth-order valence-electron chi connectivity index (χ4n) is 2.37. The van der Waals surface area contributed by atoms with Crippen molar-refractivity contribution in [2.24, 2.45) is 0 Å². The maximum atomic E-state index is 12.1. The largest absolute Gasteiger partial charge is 0.494 e. The zero-order valence-corrected chi connectivity index (χ0v) is 14.0. The zero-order valence-electron chi connectivity index (χ0n) is 14.0. The van der Waals surface area contributed by atoms with Crippen LogP contribution in [0.15, 0.2) is 48.7 Å². The first kappa shape index (κ1) is 17.0. The topological polar surface area (TPSA) is 56.3 Å². The smallest absolute Gasteiger partial charge is 0.213 e. The lowest BCUT2D eigenvalue weighted by Crippen LogP contribution is -1.98. The van der Waals surface area contributed by atoms with Crippen LogP contribution in [0.25, 0.3) is 10.9 Å². The third kappa shape index (κ3) is 4.56. The van der Waals surface area contributed by atoms with Crippen LogP contribution in [0.3, 0.4) is 0 Å². The Balaban J connectivity index is 1.69. The number of aromatic nitrogens is 2. The minimum Gasteiger partial charge on any atom is -0.494 e. The van der Waals surface area contributed by atoms with Gasteiger partial charge in [-0.1, -0.05) is 0 Å². The predicted molar refractivity (Wildman–Crippen MR) is 96.5 cm³/mol. The maximum Gasteiger partial charge on any atom is 0.213 e. The molecular weight excluding hydrogens is 320 g/mol. The van der Waals surface area contributed by atoms with E-state index in [1.165, 1.54) is 0 Å². The number of ether oxygens (including phenoxy) is 2. The number of nitrogens with one attached hydrogen (secondary N) is 1. The standard InChI is InChI=1S/C19H20FN3O2/c1-24-19-9-5-15(13-21-19)22-18-8-4-14-12-16(6-7-17(14)23-18)25-11-3-2-10-20/h4-9,12-13H,2-3,10-11H2,1H3,(H,22,23)/i20-1. The van der Waals surface area contributed by atoms with Gasteiger partial charge in [0, 0.05) is 11.5 Å². The number of benzene rings is 1. The molecule has 3 aromatic rings. The molecule has 0 saturated heterocycles. The van der Waals surface area contributed by atoms with Crippen molar-refractivity contribution in [3.8, 4) is 11.6 Å². The molecule has 5 nitrogen and oxygen atoms in total. The number of hydrogen-bond acceptors (Lipinski definition) is 5. The molecule has 0 fully saturated rings. The number of rotatable bonds is 8. The highest BCUT2D eigenvalue weighted by atomic mass is 18.2. The minimum absolute atomic E-state index is 0.301. The van der Waals surface area contributed by atoms with Crippen LogP contribution in [0, 0.1) is 0 Å². The van der Waals surface area contributed by atoms with Gasteiger partial charge in [0.2, 0.25) is 5.88 Å². The van der Waals surface area contributed by atoms with Gasteiger partial charge in [-0.25, -0.2) is 9.97 Å². The number of unbranched alkanes of at least 4 members (excludes halogenated alkanes) is 1. The summed E-state index contributed by atoms with van der Waals surface area (Å²) in [6.07, 6.45) is 2.94. The van der Waals surface area contributed by atoms with E-state index in [2.05, 4.69) is 15.3 Å². The third-order valence-electron chi connectivity index (χ3n) is 3.68. The lowest BCUT2D eigenvalue weighted by Gasteiger charge is -2.09. The van der Waals surface area contributed by atoms with E-state index in [1.807, 2.05) is 36.4 Å². The fraction of sp³-hybridized carbons (Fsp3) is 0.263. The Morgan fingerprint density at radius 3 is 2.76 bits per heavy atom. The number of anilines is 2. The quantitative estimate of drug-likeness (QED) is 0.611.